The lowest BCUT2D eigenvalue weighted by atomic mass is 10.2. The largest absolute Gasteiger partial charge is 0.379 e. The predicted octanol–water partition coefficient (Wildman–Crippen LogP) is 3.96. The Morgan fingerprint density at radius 3 is 2.71 bits per heavy atom. The van der Waals surface area contributed by atoms with E-state index < -0.39 is 0 Å². The van der Waals surface area contributed by atoms with E-state index in [2.05, 4.69) is 23.3 Å². The fourth-order valence-corrected chi connectivity index (χ4v) is 1.77. The van der Waals surface area contributed by atoms with Gasteiger partial charge in [-0.15, -0.1) is 0 Å². The molecule has 0 radical (unpaired) electrons. The maximum absolute atomic E-state index is 6.07. The number of hydrogen-bond acceptors (Lipinski definition) is 2. The van der Waals surface area contributed by atoms with Crippen LogP contribution in [-0.2, 0) is 6.54 Å². The van der Waals surface area contributed by atoms with Crippen LogP contribution >= 0.6 is 11.6 Å². The minimum absolute atomic E-state index is 0.714. The number of aryl methyl sites for hydroxylation is 2. The maximum Gasteiger partial charge on any atom is 0.0623 e. The fraction of sp³-hybridized carbons (Fsp3) is 0.214. The summed E-state index contributed by atoms with van der Waals surface area (Å²) in [6, 6.07) is 9.98. The molecule has 0 aliphatic carbocycles. The number of benzene rings is 1. The number of pyridine rings is 1. The van der Waals surface area contributed by atoms with Gasteiger partial charge in [0.15, 0.2) is 0 Å². The van der Waals surface area contributed by atoms with Crippen molar-refractivity contribution in [2.24, 2.45) is 0 Å². The summed E-state index contributed by atoms with van der Waals surface area (Å²) in [5.41, 5.74) is 4.36. The van der Waals surface area contributed by atoms with Crippen molar-refractivity contribution in [3.63, 3.8) is 0 Å². The van der Waals surface area contributed by atoms with Crippen LogP contribution in [0.25, 0.3) is 0 Å². The smallest absolute Gasteiger partial charge is 0.0623 e. The second kappa shape index (κ2) is 5.19. The summed E-state index contributed by atoms with van der Waals surface area (Å²) in [4.78, 5) is 4.34. The summed E-state index contributed by atoms with van der Waals surface area (Å²) < 4.78 is 0. The topological polar surface area (TPSA) is 24.9 Å². The van der Waals surface area contributed by atoms with Crippen molar-refractivity contribution in [1.82, 2.24) is 4.98 Å². The van der Waals surface area contributed by atoms with Gasteiger partial charge in [-0.3, -0.25) is 4.98 Å². The van der Waals surface area contributed by atoms with E-state index in [1.165, 1.54) is 5.56 Å². The van der Waals surface area contributed by atoms with Gasteiger partial charge in [-0.1, -0.05) is 23.7 Å². The van der Waals surface area contributed by atoms with Crippen molar-refractivity contribution in [2.75, 3.05) is 5.32 Å². The Balaban J connectivity index is 2.08. The summed E-state index contributed by atoms with van der Waals surface area (Å²) in [6.45, 7) is 4.77. The highest BCUT2D eigenvalue weighted by atomic mass is 35.5. The highest BCUT2D eigenvalue weighted by Crippen LogP contribution is 2.20. The Hall–Kier alpha value is -1.54. The quantitative estimate of drug-likeness (QED) is 0.887. The average Bonchev–Trinajstić information content (AvgIpc) is 2.32. The zero-order valence-electron chi connectivity index (χ0n) is 10.00. The third kappa shape index (κ3) is 2.98. The molecule has 1 N–H and O–H groups in total. The van der Waals surface area contributed by atoms with Gasteiger partial charge in [-0.2, -0.15) is 0 Å². The van der Waals surface area contributed by atoms with Gasteiger partial charge in [-0.05, 0) is 43.2 Å². The molecule has 0 spiro atoms. The Morgan fingerprint density at radius 2 is 2.00 bits per heavy atom. The lowest BCUT2D eigenvalue weighted by molar-refractivity contribution is 1.02. The molecule has 2 aromatic rings. The van der Waals surface area contributed by atoms with Crippen LogP contribution in [0.15, 0.2) is 36.5 Å². The molecule has 0 bridgehead atoms. The van der Waals surface area contributed by atoms with Crippen LogP contribution in [0.3, 0.4) is 0 Å². The molecule has 0 amide bonds. The predicted molar refractivity (Wildman–Crippen MR) is 72.5 cm³/mol. The van der Waals surface area contributed by atoms with Crippen LogP contribution in [0.4, 0.5) is 5.69 Å². The first-order chi connectivity index (χ1) is 8.16. The number of nitrogens with one attached hydrogen (secondary N) is 1. The molecule has 1 aromatic carbocycles. The SMILES string of the molecule is Cc1ccc(NCc2ncccc2C)cc1Cl. The van der Waals surface area contributed by atoms with E-state index in [1.807, 2.05) is 37.4 Å². The summed E-state index contributed by atoms with van der Waals surface area (Å²) in [5.74, 6) is 0. The van der Waals surface area contributed by atoms with Crippen molar-refractivity contribution in [1.29, 1.82) is 0 Å². The van der Waals surface area contributed by atoms with Crippen molar-refractivity contribution in [3.05, 3.63) is 58.4 Å². The van der Waals surface area contributed by atoms with Crippen LogP contribution in [0.2, 0.25) is 5.02 Å². The first-order valence-corrected chi connectivity index (χ1v) is 5.95. The van der Waals surface area contributed by atoms with Crippen molar-refractivity contribution in [3.8, 4) is 0 Å². The minimum atomic E-state index is 0.714. The lowest BCUT2D eigenvalue weighted by Crippen LogP contribution is -2.03. The standard InChI is InChI=1S/C14H15ClN2/c1-10-5-6-12(8-13(10)15)17-9-14-11(2)4-3-7-16-14/h3-8,17H,9H2,1-2H3. The molecule has 0 saturated heterocycles. The number of nitrogens with zero attached hydrogens (tertiary/aromatic N) is 1. The lowest BCUT2D eigenvalue weighted by Gasteiger charge is -2.09. The van der Waals surface area contributed by atoms with E-state index >= 15 is 0 Å². The fourth-order valence-electron chi connectivity index (χ4n) is 1.59. The van der Waals surface area contributed by atoms with Gasteiger partial charge in [0.25, 0.3) is 0 Å². The van der Waals surface area contributed by atoms with Gasteiger partial charge in [0.05, 0.1) is 12.2 Å². The summed E-state index contributed by atoms with van der Waals surface area (Å²) in [5, 5.41) is 4.11. The Morgan fingerprint density at radius 1 is 1.18 bits per heavy atom. The molecule has 0 aliphatic heterocycles. The highest BCUT2D eigenvalue weighted by Gasteiger charge is 2.00. The number of anilines is 1. The van der Waals surface area contributed by atoms with E-state index in [0.717, 1.165) is 22.0 Å². The summed E-state index contributed by atoms with van der Waals surface area (Å²) >= 11 is 6.07. The zero-order valence-corrected chi connectivity index (χ0v) is 10.8. The van der Waals surface area contributed by atoms with Gasteiger partial charge >= 0.3 is 0 Å². The third-order valence-electron chi connectivity index (χ3n) is 2.75. The number of rotatable bonds is 3. The molecule has 1 heterocycles. The molecule has 1 aromatic heterocycles. The summed E-state index contributed by atoms with van der Waals surface area (Å²) in [7, 11) is 0. The van der Waals surface area contributed by atoms with Gasteiger partial charge in [0, 0.05) is 16.9 Å². The van der Waals surface area contributed by atoms with E-state index in [-0.39, 0.29) is 0 Å². The molecule has 2 rings (SSSR count). The van der Waals surface area contributed by atoms with Crippen molar-refractivity contribution >= 4 is 17.3 Å². The van der Waals surface area contributed by atoms with Crippen LogP contribution in [0, 0.1) is 13.8 Å². The molecule has 88 valence electrons. The molecular weight excluding hydrogens is 232 g/mol. The monoisotopic (exact) mass is 246 g/mol. The molecule has 0 aliphatic rings. The normalized spacial score (nSPS) is 10.3. The van der Waals surface area contributed by atoms with Crippen LogP contribution < -0.4 is 5.32 Å². The first-order valence-electron chi connectivity index (χ1n) is 5.57. The molecule has 0 fully saturated rings. The molecule has 2 nitrogen and oxygen atoms in total. The molecule has 0 saturated carbocycles. The Kier molecular flexibility index (Phi) is 3.64. The minimum Gasteiger partial charge on any atom is -0.379 e. The van der Waals surface area contributed by atoms with Gasteiger partial charge in [0.1, 0.15) is 0 Å². The first kappa shape index (κ1) is 11.9. The van der Waals surface area contributed by atoms with Crippen molar-refractivity contribution < 1.29 is 0 Å². The second-order valence-electron chi connectivity index (χ2n) is 4.08. The Labute approximate surface area is 107 Å². The number of halogens is 1. The maximum atomic E-state index is 6.07. The van der Waals surface area contributed by atoms with E-state index in [9.17, 15) is 0 Å². The average molecular weight is 247 g/mol. The molecule has 0 atom stereocenters. The Bertz CT molecular complexity index is 523. The van der Waals surface area contributed by atoms with Crippen LogP contribution in [0.5, 0.6) is 0 Å². The van der Waals surface area contributed by atoms with Crippen LogP contribution in [-0.4, -0.2) is 4.98 Å². The number of aromatic nitrogens is 1. The second-order valence-corrected chi connectivity index (χ2v) is 4.49. The molecular formula is C14H15ClN2. The number of hydrogen-bond donors (Lipinski definition) is 1. The molecule has 3 heteroatoms. The van der Waals surface area contributed by atoms with Gasteiger partial charge < -0.3 is 5.32 Å². The van der Waals surface area contributed by atoms with Crippen LogP contribution in [0.1, 0.15) is 16.8 Å². The molecule has 0 unspecified atom stereocenters. The van der Waals surface area contributed by atoms with E-state index in [4.69, 9.17) is 11.6 Å². The van der Waals surface area contributed by atoms with Gasteiger partial charge in [-0.25, -0.2) is 0 Å². The van der Waals surface area contributed by atoms with E-state index in [1.54, 1.807) is 0 Å². The van der Waals surface area contributed by atoms with E-state index in [0.29, 0.717) is 6.54 Å². The van der Waals surface area contributed by atoms with Gasteiger partial charge in [0.2, 0.25) is 0 Å². The summed E-state index contributed by atoms with van der Waals surface area (Å²) in [6.07, 6.45) is 1.81. The highest BCUT2D eigenvalue weighted by molar-refractivity contribution is 6.31. The zero-order chi connectivity index (χ0) is 12.3. The van der Waals surface area contributed by atoms with Crippen molar-refractivity contribution in [2.45, 2.75) is 20.4 Å². The third-order valence-corrected chi connectivity index (χ3v) is 3.16. The molecule has 17 heavy (non-hydrogen) atoms.